The third-order valence-corrected chi connectivity index (χ3v) is 3.08. The molecule has 0 aliphatic heterocycles. The molecule has 0 aliphatic carbocycles. The fourth-order valence-corrected chi connectivity index (χ4v) is 1.96. The molecule has 0 fully saturated rings. The monoisotopic (exact) mass is 299 g/mol. The SMILES string of the molecule is Cc1ccc(C(C)(C)C)c(OC(=O)CCO[P+](=O)O)c1. The second-order valence-electron chi connectivity index (χ2n) is 5.54. The number of carbonyl (C=O) groups excluding carboxylic acids is 1. The van der Waals surface area contributed by atoms with Gasteiger partial charge in [0, 0.05) is 10.1 Å². The van der Waals surface area contributed by atoms with Gasteiger partial charge >= 0.3 is 14.2 Å². The van der Waals surface area contributed by atoms with Crippen molar-refractivity contribution in [3.05, 3.63) is 29.3 Å². The number of ether oxygens (including phenoxy) is 1. The zero-order valence-corrected chi connectivity index (χ0v) is 13.1. The van der Waals surface area contributed by atoms with Crippen LogP contribution in [0, 0.1) is 6.92 Å². The van der Waals surface area contributed by atoms with E-state index in [-0.39, 0.29) is 18.4 Å². The minimum atomic E-state index is -2.68. The van der Waals surface area contributed by atoms with E-state index in [0.717, 1.165) is 11.1 Å². The lowest BCUT2D eigenvalue weighted by Gasteiger charge is -2.22. The Labute approximate surface area is 119 Å². The van der Waals surface area contributed by atoms with Gasteiger partial charge in [-0.3, -0.25) is 4.79 Å². The highest BCUT2D eigenvalue weighted by molar-refractivity contribution is 7.32. The number of benzene rings is 1. The maximum atomic E-state index is 11.7. The first-order valence-electron chi connectivity index (χ1n) is 6.31. The molecule has 0 bridgehead atoms. The molecule has 1 atom stereocenters. The first-order chi connectivity index (χ1) is 9.20. The number of hydrogen-bond donors (Lipinski definition) is 1. The van der Waals surface area contributed by atoms with Crippen molar-refractivity contribution in [2.24, 2.45) is 0 Å². The summed E-state index contributed by atoms with van der Waals surface area (Å²) in [5, 5.41) is 0. The number of carbonyl (C=O) groups is 1. The van der Waals surface area contributed by atoms with Crippen LogP contribution in [0.15, 0.2) is 18.2 Å². The zero-order chi connectivity index (χ0) is 15.3. The van der Waals surface area contributed by atoms with Crippen molar-refractivity contribution in [2.45, 2.75) is 39.5 Å². The van der Waals surface area contributed by atoms with Gasteiger partial charge in [-0.15, -0.1) is 9.42 Å². The predicted molar refractivity (Wildman–Crippen MR) is 75.9 cm³/mol. The second kappa shape index (κ2) is 6.93. The van der Waals surface area contributed by atoms with Crippen molar-refractivity contribution in [3.63, 3.8) is 0 Å². The predicted octanol–water partition coefficient (Wildman–Crippen LogP) is 3.25. The highest BCUT2D eigenvalue weighted by atomic mass is 31.1. The van der Waals surface area contributed by atoms with E-state index in [4.69, 9.17) is 9.63 Å². The molecule has 110 valence electrons. The first-order valence-corrected chi connectivity index (χ1v) is 7.44. The zero-order valence-electron chi connectivity index (χ0n) is 12.2. The van der Waals surface area contributed by atoms with Crippen molar-refractivity contribution in [3.8, 4) is 5.75 Å². The normalized spacial score (nSPS) is 12.2. The highest BCUT2D eigenvalue weighted by Gasteiger charge is 2.21. The molecule has 20 heavy (non-hydrogen) atoms. The summed E-state index contributed by atoms with van der Waals surface area (Å²) in [5.74, 6) is 0.0360. The summed E-state index contributed by atoms with van der Waals surface area (Å²) in [6.07, 6.45) is -0.0703. The van der Waals surface area contributed by atoms with Gasteiger partial charge in [0.15, 0.2) is 0 Å². The van der Waals surface area contributed by atoms with Crippen LogP contribution < -0.4 is 4.74 Å². The third-order valence-electron chi connectivity index (χ3n) is 2.68. The van der Waals surface area contributed by atoms with E-state index in [1.54, 1.807) is 0 Å². The Bertz CT molecular complexity index is 505. The van der Waals surface area contributed by atoms with Crippen molar-refractivity contribution in [1.29, 1.82) is 0 Å². The van der Waals surface area contributed by atoms with E-state index < -0.39 is 14.2 Å². The molecule has 1 aromatic carbocycles. The van der Waals surface area contributed by atoms with E-state index >= 15 is 0 Å². The number of hydrogen-bond acceptors (Lipinski definition) is 4. The van der Waals surface area contributed by atoms with Crippen LogP contribution in [0.3, 0.4) is 0 Å². The molecule has 1 aromatic rings. The molecule has 0 radical (unpaired) electrons. The van der Waals surface area contributed by atoms with Gasteiger partial charge in [-0.05, 0) is 24.0 Å². The Hall–Kier alpha value is -1.29. The lowest BCUT2D eigenvalue weighted by Crippen LogP contribution is -2.17. The van der Waals surface area contributed by atoms with E-state index in [2.05, 4.69) is 4.52 Å². The van der Waals surface area contributed by atoms with Gasteiger partial charge in [0.05, 0.1) is 6.42 Å². The van der Waals surface area contributed by atoms with Gasteiger partial charge in [-0.2, -0.15) is 0 Å². The van der Waals surface area contributed by atoms with Gasteiger partial charge < -0.3 is 4.74 Å². The summed E-state index contributed by atoms with van der Waals surface area (Å²) < 4.78 is 20.1. The third kappa shape index (κ3) is 5.37. The molecule has 0 saturated carbocycles. The summed E-state index contributed by atoms with van der Waals surface area (Å²) in [7, 11) is -2.68. The number of esters is 1. The Balaban J connectivity index is 2.78. The minimum absolute atomic E-state index is 0.0703. The van der Waals surface area contributed by atoms with E-state index in [1.165, 1.54) is 0 Å². The maximum Gasteiger partial charge on any atom is 0.694 e. The molecule has 1 rings (SSSR count). The van der Waals surface area contributed by atoms with Gasteiger partial charge in [-0.25, -0.2) is 0 Å². The van der Waals surface area contributed by atoms with Crippen LogP contribution in [0.2, 0.25) is 0 Å². The summed E-state index contributed by atoms with van der Waals surface area (Å²) in [4.78, 5) is 20.2. The van der Waals surface area contributed by atoms with Crippen molar-refractivity contribution < 1.29 is 23.5 Å². The van der Waals surface area contributed by atoms with Gasteiger partial charge in [0.25, 0.3) is 0 Å². The van der Waals surface area contributed by atoms with Crippen molar-refractivity contribution in [1.82, 2.24) is 0 Å². The van der Waals surface area contributed by atoms with Crippen LogP contribution in [-0.2, 0) is 19.3 Å². The van der Waals surface area contributed by atoms with Gasteiger partial charge in [0.2, 0.25) is 0 Å². The standard InChI is InChI=1S/C14H19O5P/c1-10-5-6-11(14(2,3)4)12(9-10)19-13(15)7-8-18-20(16)17/h5-6,9H,7-8H2,1-4H3/p+1. The molecule has 1 unspecified atom stereocenters. The second-order valence-corrected chi connectivity index (χ2v) is 6.28. The van der Waals surface area contributed by atoms with Crippen LogP contribution in [-0.4, -0.2) is 17.5 Å². The number of rotatable bonds is 5. The van der Waals surface area contributed by atoms with E-state index in [1.807, 2.05) is 45.9 Å². The Morgan fingerprint density at radius 2 is 2.00 bits per heavy atom. The first kappa shape index (κ1) is 16.8. The molecule has 0 aromatic heterocycles. The molecule has 1 N–H and O–H groups in total. The topological polar surface area (TPSA) is 72.8 Å². The van der Waals surface area contributed by atoms with Crippen molar-refractivity contribution in [2.75, 3.05) is 6.61 Å². The van der Waals surface area contributed by atoms with Gasteiger partial charge in [-0.1, -0.05) is 32.9 Å². The number of aryl methyl sites for hydroxylation is 1. The smallest absolute Gasteiger partial charge is 0.426 e. The molecule has 6 heteroatoms. The molecule has 0 amide bonds. The lowest BCUT2D eigenvalue weighted by atomic mass is 9.86. The molecule has 0 heterocycles. The van der Waals surface area contributed by atoms with E-state index in [9.17, 15) is 9.36 Å². The average Bonchev–Trinajstić information content (AvgIpc) is 2.26. The Kier molecular flexibility index (Phi) is 5.81. The highest BCUT2D eigenvalue weighted by Crippen LogP contribution is 2.32. The largest absolute Gasteiger partial charge is 0.694 e. The summed E-state index contributed by atoms with van der Waals surface area (Å²) >= 11 is 0. The molecular weight excluding hydrogens is 279 g/mol. The Morgan fingerprint density at radius 1 is 1.35 bits per heavy atom. The summed E-state index contributed by atoms with van der Waals surface area (Å²) in [5.41, 5.74) is 1.79. The van der Waals surface area contributed by atoms with Crippen LogP contribution in [0.5, 0.6) is 5.75 Å². The van der Waals surface area contributed by atoms with Crippen LogP contribution in [0.4, 0.5) is 0 Å². The van der Waals surface area contributed by atoms with Crippen LogP contribution in [0.25, 0.3) is 0 Å². The Morgan fingerprint density at radius 3 is 2.55 bits per heavy atom. The molecule has 0 saturated heterocycles. The fourth-order valence-electron chi connectivity index (χ4n) is 1.71. The quantitative estimate of drug-likeness (QED) is 0.513. The molecule has 0 aliphatic rings. The van der Waals surface area contributed by atoms with Gasteiger partial charge in [0.1, 0.15) is 12.4 Å². The summed E-state index contributed by atoms with van der Waals surface area (Å²) in [6.45, 7) is 7.89. The average molecular weight is 299 g/mol. The lowest BCUT2D eigenvalue weighted by molar-refractivity contribution is -0.134. The van der Waals surface area contributed by atoms with Crippen molar-refractivity contribution >= 4 is 14.2 Å². The fraction of sp³-hybridized carbons (Fsp3) is 0.500. The minimum Gasteiger partial charge on any atom is -0.426 e. The molecular formula is C14H20O5P+. The maximum absolute atomic E-state index is 11.7. The van der Waals surface area contributed by atoms with Crippen LogP contribution >= 0.6 is 8.25 Å². The summed E-state index contributed by atoms with van der Waals surface area (Å²) in [6, 6.07) is 5.72. The van der Waals surface area contributed by atoms with Crippen LogP contribution in [0.1, 0.15) is 38.3 Å². The van der Waals surface area contributed by atoms with E-state index in [0.29, 0.717) is 5.75 Å². The molecule has 5 nitrogen and oxygen atoms in total. The molecule has 0 spiro atoms.